The van der Waals surface area contributed by atoms with Crippen LogP contribution >= 0.6 is 11.8 Å². The predicted molar refractivity (Wildman–Crippen MR) is 85.0 cm³/mol. The van der Waals surface area contributed by atoms with E-state index >= 15 is 0 Å². The maximum atomic E-state index is 12.4. The van der Waals surface area contributed by atoms with Crippen LogP contribution in [0.3, 0.4) is 0 Å². The van der Waals surface area contributed by atoms with Gasteiger partial charge in [0, 0.05) is 5.25 Å². The third-order valence-corrected chi connectivity index (χ3v) is 5.21. The first kappa shape index (κ1) is 14.3. The van der Waals surface area contributed by atoms with Gasteiger partial charge in [-0.25, -0.2) is 4.68 Å². The number of para-hydroxylation sites is 1. The molecule has 110 valence electrons. The fraction of sp³-hybridized carbons (Fsp3) is 0.438. The van der Waals surface area contributed by atoms with E-state index < -0.39 is 0 Å². The summed E-state index contributed by atoms with van der Waals surface area (Å²) in [4.78, 5) is 12.4. The van der Waals surface area contributed by atoms with Gasteiger partial charge in [-0.05, 0) is 25.0 Å². The van der Waals surface area contributed by atoms with Crippen LogP contribution in [0.2, 0.25) is 0 Å². The molecule has 0 atom stereocenters. The number of hydrogen-bond acceptors (Lipinski definition) is 4. The van der Waals surface area contributed by atoms with Gasteiger partial charge in [0.2, 0.25) is 0 Å². The van der Waals surface area contributed by atoms with Crippen LogP contribution in [-0.4, -0.2) is 31.8 Å². The number of Topliss-reactive ketones (excluding diaryl/α,β-unsaturated/α-hetero) is 1. The van der Waals surface area contributed by atoms with Crippen molar-refractivity contribution in [2.75, 3.05) is 5.75 Å². The third kappa shape index (κ3) is 3.53. The molecule has 0 N–H and O–H groups in total. The molecule has 2 aromatic rings. The van der Waals surface area contributed by atoms with Gasteiger partial charge in [0.1, 0.15) is 5.69 Å². The first-order valence-electron chi connectivity index (χ1n) is 7.45. The molecule has 0 bridgehead atoms. The molecule has 1 aromatic carbocycles. The topological polar surface area (TPSA) is 47.8 Å². The second kappa shape index (κ2) is 6.89. The summed E-state index contributed by atoms with van der Waals surface area (Å²) >= 11 is 1.79. The van der Waals surface area contributed by atoms with E-state index in [1.807, 2.05) is 30.3 Å². The largest absolute Gasteiger partial charge is 0.291 e. The van der Waals surface area contributed by atoms with E-state index in [1.54, 1.807) is 22.6 Å². The molecule has 0 saturated heterocycles. The zero-order valence-electron chi connectivity index (χ0n) is 11.9. The molecular weight excluding hydrogens is 282 g/mol. The molecule has 0 amide bonds. The van der Waals surface area contributed by atoms with E-state index in [9.17, 15) is 4.79 Å². The average molecular weight is 301 g/mol. The van der Waals surface area contributed by atoms with Crippen molar-refractivity contribution < 1.29 is 4.79 Å². The number of aromatic nitrogens is 3. The highest BCUT2D eigenvalue weighted by Gasteiger charge is 2.19. The van der Waals surface area contributed by atoms with E-state index in [1.165, 1.54) is 32.1 Å². The van der Waals surface area contributed by atoms with Gasteiger partial charge in [-0.3, -0.25) is 4.79 Å². The summed E-state index contributed by atoms with van der Waals surface area (Å²) in [6.45, 7) is 0. The van der Waals surface area contributed by atoms with Gasteiger partial charge >= 0.3 is 0 Å². The maximum Gasteiger partial charge on any atom is 0.192 e. The number of carbonyl (C=O) groups excluding carboxylic acids is 1. The Kier molecular flexibility index (Phi) is 4.70. The second-order valence-electron chi connectivity index (χ2n) is 5.36. The van der Waals surface area contributed by atoms with E-state index in [-0.39, 0.29) is 5.78 Å². The molecule has 1 fully saturated rings. The van der Waals surface area contributed by atoms with Crippen molar-refractivity contribution in [3.8, 4) is 5.69 Å². The van der Waals surface area contributed by atoms with E-state index in [0.717, 1.165) is 5.69 Å². The molecule has 21 heavy (non-hydrogen) atoms. The van der Waals surface area contributed by atoms with E-state index in [0.29, 0.717) is 16.7 Å². The Morgan fingerprint density at radius 3 is 2.71 bits per heavy atom. The number of carbonyl (C=O) groups is 1. The maximum absolute atomic E-state index is 12.4. The molecule has 0 radical (unpaired) electrons. The summed E-state index contributed by atoms with van der Waals surface area (Å²) < 4.78 is 1.63. The molecule has 1 heterocycles. The van der Waals surface area contributed by atoms with Crippen LogP contribution in [0.4, 0.5) is 0 Å². The van der Waals surface area contributed by atoms with Crippen LogP contribution in [0.15, 0.2) is 36.5 Å². The van der Waals surface area contributed by atoms with E-state index in [2.05, 4.69) is 10.3 Å². The van der Waals surface area contributed by atoms with Crippen molar-refractivity contribution in [3.05, 3.63) is 42.2 Å². The standard InChI is InChI=1S/C16H19N3OS/c20-16(12-21-14-9-5-2-6-10-14)15-11-17-18-19(15)13-7-3-1-4-8-13/h1,3-4,7-8,11,14H,2,5-6,9-10,12H2. The fourth-order valence-electron chi connectivity index (χ4n) is 2.68. The van der Waals surface area contributed by atoms with Gasteiger partial charge in [0.15, 0.2) is 5.78 Å². The summed E-state index contributed by atoms with van der Waals surface area (Å²) in [5, 5.41) is 8.58. The Morgan fingerprint density at radius 1 is 1.19 bits per heavy atom. The van der Waals surface area contributed by atoms with Crippen molar-refractivity contribution in [3.63, 3.8) is 0 Å². The average Bonchev–Trinajstić information content (AvgIpc) is 3.04. The lowest BCUT2D eigenvalue weighted by molar-refractivity contribution is 0.101. The van der Waals surface area contributed by atoms with Gasteiger partial charge in [-0.1, -0.05) is 42.7 Å². The minimum Gasteiger partial charge on any atom is -0.291 e. The molecule has 3 rings (SSSR count). The van der Waals surface area contributed by atoms with Gasteiger partial charge in [-0.2, -0.15) is 11.8 Å². The molecule has 1 aromatic heterocycles. The third-order valence-electron chi connectivity index (χ3n) is 3.84. The van der Waals surface area contributed by atoms with E-state index in [4.69, 9.17) is 0 Å². The van der Waals surface area contributed by atoms with Crippen molar-refractivity contribution in [1.82, 2.24) is 15.0 Å². The van der Waals surface area contributed by atoms with Crippen LogP contribution in [0, 0.1) is 0 Å². The Balaban J connectivity index is 1.66. The number of rotatable bonds is 5. The van der Waals surface area contributed by atoms with Crippen LogP contribution in [0.1, 0.15) is 42.6 Å². The first-order valence-corrected chi connectivity index (χ1v) is 8.50. The minimum absolute atomic E-state index is 0.111. The Morgan fingerprint density at radius 2 is 1.95 bits per heavy atom. The normalized spacial score (nSPS) is 16.0. The summed E-state index contributed by atoms with van der Waals surface area (Å²) in [5.74, 6) is 0.629. The lowest BCUT2D eigenvalue weighted by Gasteiger charge is -2.20. The molecular formula is C16H19N3OS. The van der Waals surface area contributed by atoms with Gasteiger partial charge in [0.25, 0.3) is 0 Å². The Labute approximate surface area is 128 Å². The van der Waals surface area contributed by atoms with Crippen LogP contribution < -0.4 is 0 Å². The smallest absolute Gasteiger partial charge is 0.192 e. The lowest BCUT2D eigenvalue weighted by Crippen LogP contribution is -2.15. The molecule has 0 spiro atoms. The van der Waals surface area contributed by atoms with Crippen molar-refractivity contribution >= 4 is 17.5 Å². The van der Waals surface area contributed by atoms with Crippen LogP contribution in [0.25, 0.3) is 5.69 Å². The van der Waals surface area contributed by atoms with Gasteiger partial charge in [-0.15, -0.1) is 5.10 Å². The zero-order chi connectivity index (χ0) is 14.5. The number of benzene rings is 1. The van der Waals surface area contributed by atoms with Gasteiger partial charge in [0.05, 0.1) is 17.6 Å². The predicted octanol–water partition coefficient (Wildman–Crippen LogP) is 3.52. The van der Waals surface area contributed by atoms with Crippen molar-refractivity contribution in [2.24, 2.45) is 0 Å². The highest BCUT2D eigenvalue weighted by molar-refractivity contribution is 8.00. The summed E-state index contributed by atoms with van der Waals surface area (Å²) in [5.41, 5.74) is 1.45. The highest BCUT2D eigenvalue weighted by atomic mass is 32.2. The zero-order valence-corrected chi connectivity index (χ0v) is 12.8. The Hall–Kier alpha value is -1.62. The quantitative estimate of drug-likeness (QED) is 0.793. The molecule has 1 aliphatic rings. The SMILES string of the molecule is O=C(CSC1CCCCC1)c1cnnn1-c1ccccc1. The number of hydrogen-bond donors (Lipinski definition) is 0. The van der Waals surface area contributed by atoms with Crippen molar-refractivity contribution in [2.45, 2.75) is 37.4 Å². The summed E-state index contributed by atoms with van der Waals surface area (Å²) in [6.07, 6.45) is 8.00. The first-order chi connectivity index (χ1) is 10.3. The summed E-state index contributed by atoms with van der Waals surface area (Å²) in [6, 6.07) is 9.67. The minimum atomic E-state index is 0.111. The molecule has 1 saturated carbocycles. The number of ketones is 1. The molecule has 1 aliphatic carbocycles. The van der Waals surface area contributed by atoms with Crippen LogP contribution in [0.5, 0.6) is 0 Å². The molecule has 0 unspecified atom stereocenters. The monoisotopic (exact) mass is 301 g/mol. The second-order valence-corrected chi connectivity index (χ2v) is 6.65. The number of nitrogens with zero attached hydrogens (tertiary/aromatic N) is 3. The fourth-order valence-corrected chi connectivity index (χ4v) is 3.89. The molecule has 4 nitrogen and oxygen atoms in total. The Bertz CT molecular complexity index is 591. The lowest BCUT2D eigenvalue weighted by atomic mass is 10.0. The molecule has 0 aliphatic heterocycles. The molecule has 5 heteroatoms. The van der Waals surface area contributed by atoms with Gasteiger partial charge < -0.3 is 0 Å². The van der Waals surface area contributed by atoms with Crippen LogP contribution in [-0.2, 0) is 0 Å². The summed E-state index contributed by atoms with van der Waals surface area (Å²) in [7, 11) is 0. The number of thioether (sulfide) groups is 1. The van der Waals surface area contributed by atoms with Crippen molar-refractivity contribution in [1.29, 1.82) is 0 Å². The highest BCUT2D eigenvalue weighted by Crippen LogP contribution is 2.28.